The zero-order valence-corrected chi connectivity index (χ0v) is 18.4. The summed E-state index contributed by atoms with van der Waals surface area (Å²) in [5, 5.41) is 0.110. The van der Waals surface area contributed by atoms with E-state index in [1.165, 1.54) is 18.2 Å². The fraction of sp³-hybridized carbons (Fsp3) is 0.294. The highest BCUT2D eigenvalue weighted by Gasteiger charge is 2.35. The Bertz CT molecular complexity index is 1440. The normalized spacial score (nSPS) is 12.5. The first kappa shape index (κ1) is 23.6. The van der Waals surface area contributed by atoms with Crippen molar-refractivity contribution in [2.75, 3.05) is 0 Å². The van der Waals surface area contributed by atoms with Gasteiger partial charge >= 0.3 is 22.1 Å². The van der Waals surface area contributed by atoms with Crippen molar-refractivity contribution in [2.45, 2.75) is 26.1 Å². The molecule has 0 radical (unpaired) electrons. The van der Waals surface area contributed by atoms with Gasteiger partial charge in [-0.3, -0.25) is 14.2 Å². The molecule has 0 spiro atoms. The van der Waals surface area contributed by atoms with Gasteiger partial charge in [-0.1, -0.05) is 0 Å². The minimum atomic E-state index is -4.91. The number of carbonyl (C=O) groups is 1. The van der Waals surface area contributed by atoms with Gasteiger partial charge in [0.05, 0.1) is 10.4 Å². The van der Waals surface area contributed by atoms with Crippen LogP contribution >= 0.6 is 11.5 Å². The molecule has 0 bridgehead atoms. The predicted molar refractivity (Wildman–Crippen MR) is 110 cm³/mol. The van der Waals surface area contributed by atoms with E-state index in [-0.39, 0.29) is 27.4 Å². The van der Waals surface area contributed by atoms with Crippen LogP contribution in [0.5, 0.6) is 0 Å². The van der Waals surface area contributed by atoms with E-state index in [1.54, 1.807) is 18.6 Å². The summed E-state index contributed by atoms with van der Waals surface area (Å²) in [5.41, 5.74) is -4.29. The first-order valence-corrected chi connectivity index (χ1v) is 11.1. The van der Waals surface area contributed by atoms with E-state index in [2.05, 4.69) is 9.10 Å². The number of benzene rings is 1. The van der Waals surface area contributed by atoms with Crippen LogP contribution in [-0.2, 0) is 23.4 Å². The summed E-state index contributed by atoms with van der Waals surface area (Å²) in [6, 6.07) is 3.71. The number of alkyl halides is 3. The number of hydrogen-bond donors (Lipinski definition) is 2. The Morgan fingerprint density at radius 3 is 2.44 bits per heavy atom. The van der Waals surface area contributed by atoms with Crippen molar-refractivity contribution in [1.29, 1.82) is 0 Å². The third-order valence-corrected chi connectivity index (χ3v) is 6.22. The number of halogens is 3. The lowest BCUT2D eigenvalue weighted by molar-refractivity contribution is -0.144. The van der Waals surface area contributed by atoms with E-state index in [9.17, 15) is 36.0 Å². The Kier molecular flexibility index (Phi) is 6.01. The van der Waals surface area contributed by atoms with Crippen LogP contribution in [0.1, 0.15) is 30.0 Å². The molecule has 0 aliphatic rings. The van der Waals surface area contributed by atoms with Crippen molar-refractivity contribution in [3.05, 3.63) is 56.5 Å². The Balaban J connectivity index is 2.11. The fourth-order valence-electron chi connectivity index (χ4n) is 2.87. The van der Waals surface area contributed by atoms with Gasteiger partial charge in [-0.25, -0.2) is 14.1 Å². The van der Waals surface area contributed by atoms with E-state index in [1.807, 2.05) is 0 Å². The quantitative estimate of drug-likeness (QED) is 0.550. The smallest absolute Gasteiger partial charge is 0.292 e. The predicted octanol–water partition coefficient (Wildman–Crippen LogP) is 1.14. The number of nitrogens with one attached hydrogen (secondary N) is 2. The molecule has 32 heavy (non-hydrogen) atoms. The molecule has 1 amide bonds. The van der Waals surface area contributed by atoms with Crippen LogP contribution in [0.25, 0.3) is 15.8 Å². The van der Waals surface area contributed by atoms with E-state index in [4.69, 9.17) is 0 Å². The highest BCUT2D eigenvalue weighted by molar-refractivity contribution is 7.88. The van der Waals surface area contributed by atoms with Crippen molar-refractivity contribution in [1.82, 2.24) is 23.0 Å². The molecule has 15 heteroatoms. The van der Waals surface area contributed by atoms with E-state index in [0.29, 0.717) is 9.27 Å². The van der Waals surface area contributed by atoms with Gasteiger partial charge in [0.1, 0.15) is 5.69 Å². The largest absolute Gasteiger partial charge is 0.431 e. The summed E-state index contributed by atoms with van der Waals surface area (Å²) in [5.74, 6) is -1.06. The Hall–Kier alpha value is -3.04. The van der Waals surface area contributed by atoms with E-state index >= 15 is 0 Å². The zero-order chi connectivity index (χ0) is 24.0. The molecule has 3 rings (SSSR count). The Morgan fingerprint density at radius 1 is 1.19 bits per heavy atom. The van der Waals surface area contributed by atoms with Crippen molar-refractivity contribution in [3.8, 4) is 5.69 Å². The summed E-state index contributed by atoms with van der Waals surface area (Å²) in [7, 11) is -3.30. The van der Waals surface area contributed by atoms with Crippen LogP contribution in [0.4, 0.5) is 13.2 Å². The number of aromatic nitrogens is 3. The molecule has 0 aliphatic carbocycles. The first-order valence-electron chi connectivity index (χ1n) is 8.86. The molecule has 1 aromatic carbocycles. The minimum absolute atomic E-state index is 0.110. The number of amides is 1. The molecule has 2 N–H and O–H groups in total. The summed E-state index contributed by atoms with van der Waals surface area (Å²) < 4.78 is 72.2. The molecule has 0 atom stereocenters. The maximum absolute atomic E-state index is 13.1. The molecular formula is C17H16F3N5O5S2. The van der Waals surface area contributed by atoms with Crippen LogP contribution in [0.15, 0.2) is 33.9 Å². The molecule has 0 aliphatic heterocycles. The third-order valence-electron chi connectivity index (χ3n) is 4.16. The van der Waals surface area contributed by atoms with Gasteiger partial charge in [-0.05, 0) is 43.6 Å². The zero-order valence-electron chi connectivity index (χ0n) is 16.7. The van der Waals surface area contributed by atoms with Crippen molar-refractivity contribution < 1.29 is 26.4 Å². The molecule has 2 aromatic heterocycles. The topological polar surface area (TPSA) is 132 Å². The van der Waals surface area contributed by atoms with Crippen LogP contribution in [-0.4, -0.2) is 33.9 Å². The highest BCUT2D eigenvalue weighted by Crippen LogP contribution is 2.28. The summed E-state index contributed by atoms with van der Waals surface area (Å²) >= 11 is 0.858. The Morgan fingerprint density at radius 2 is 1.84 bits per heavy atom. The van der Waals surface area contributed by atoms with Gasteiger partial charge in [0.2, 0.25) is 0 Å². The van der Waals surface area contributed by atoms with Gasteiger partial charge < -0.3 is 0 Å². The van der Waals surface area contributed by atoms with Crippen molar-refractivity contribution in [2.24, 2.45) is 7.05 Å². The van der Waals surface area contributed by atoms with E-state index < -0.39 is 45.3 Å². The van der Waals surface area contributed by atoms with Crippen LogP contribution in [0, 0.1) is 0 Å². The highest BCUT2D eigenvalue weighted by atomic mass is 32.2. The molecule has 0 saturated carbocycles. The first-order chi connectivity index (χ1) is 14.7. The summed E-state index contributed by atoms with van der Waals surface area (Å²) in [6.07, 6.45) is -4.91. The minimum Gasteiger partial charge on any atom is -0.292 e. The monoisotopic (exact) mass is 491 g/mol. The average molecular weight is 491 g/mol. The van der Waals surface area contributed by atoms with Gasteiger partial charge in [-0.2, -0.15) is 30.7 Å². The summed E-state index contributed by atoms with van der Waals surface area (Å²) in [6.45, 7) is 3.10. The van der Waals surface area contributed by atoms with Crippen LogP contribution in [0.2, 0.25) is 0 Å². The molecule has 10 nitrogen and oxygen atoms in total. The molecule has 3 aromatic rings. The van der Waals surface area contributed by atoms with Gasteiger partial charge in [0.15, 0.2) is 5.69 Å². The number of carbonyl (C=O) groups excluding carboxylic acids is 1. The number of nitrogens with zero attached hydrogens (tertiary/aromatic N) is 3. The molecular weight excluding hydrogens is 475 g/mol. The van der Waals surface area contributed by atoms with E-state index in [0.717, 1.165) is 18.6 Å². The van der Waals surface area contributed by atoms with Gasteiger partial charge in [-0.15, -0.1) is 0 Å². The van der Waals surface area contributed by atoms with Gasteiger partial charge in [0, 0.05) is 24.5 Å². The molecule has 172 valence electrons. The molecule has 0 unspecified atom stereocenters. The van der Waals surface area contributed by atoms with Crippen molar-refractivity contribution >= 4 is 37.7 Å². The fourth-order valence-corrected chi connectivity index (χ4v) is 4.65. The summed E-state index contributed by atoms with van der Waals surface area (Å²) in [4.78, 5) is 37.3. The molecule has 0 saturated heterocycles. The average Bonchev–Trinajstić information content (AvgIpc) is 3.05. The second-order valence-electron chi connectivity index (χ2n) is 6.96. The number of fused-ring (bicyclic) bond motifs is 1. The standard InChI is InChI=1S/C17H16F3N5O5S2/c1-8(2)22-32(29,30)23-15(27)14-10-6-9(4-5-11(10)31-21-14)25-13(26)7-12(17(18,19)20)24(3)16(25)28/h4-8,22H,1-3H3,(H,23,27). The number of rotatable bonds is 5. The Labute approximate surface area is 182 Å². The maximum atomic E-state index is 13.1. The SMILES string of the molecule is CC(C)NS(=O)(=O)NC(=O)c1nsc2ccc(-n3c(=O)cc(C(F)(F)F)n(C)c3=O)cc12. The van der Waals surface area contributed by atoms with Crippen LogP contribution < -0.4 is 20.7 Å². The van der Waals surface area contributed by atoms with Crippen molar-refractivity contribution in [3.63, 3.8) is 0 Å². The molecule has 0 fully saturated rings. The lowest BCUT2D eigenvalue weighted by atomic mass is 10.2. The second-order valence-corrected chi connectivity index (χ2v) is 9.21. The molecule has 2 heterocycles. The van der Waals surface area contributed by atoms with Gasteiger partial charge in [0.25, 0.3) is 11.5 Å². The maximum Gasteiger partial charge on any atom is 0.431 e. The lowest BCUT2D eigenvalue weighted by Crippen LogP contribution is -2.43. The third kappa shape index (κ3) is 4.58. The lowest BCUT2D eigenvalue weighted by Gasteiger charge is -2.14. The number of hydrogen-bond acceptors (Lipinski definition) is 7. The van der Waals surface area contributed by atoms with Crippen LogP contribution in [0.3, 0.4) is 0 Å². The second kappa shape index (κ2) is 8.14.